The first-order valence-electron chi connectivity index (χ1n) is 6.30. The summed E-state index contributed by atoms with van der Waals surface area (Å²) in [5.74, 6) is 0.575. The predicted octanol–water partition coefficient (Wildman–Crippen LogP) is 4.91. The summed E-state index contributed by atoms with van der Waals surface area (Å²) >= 11 is 0. The van der Waals surface area contributed by atoms with Crippen molar-refractivity contribution in [3.8, 4) is 0 Å². The smallest absolute Gasteiger partial charge is 0.110 e. The fourth-order valence-electron chi connectivity index (χ4n) is 2.89. The van der Waals surface area contributed by atoms with Crippen LogP contribution in [0.15, 0.2) is 0 Å². The minimum atomic E-state index is -1.08. The molecule has 1 aliphatic heterocycles. The molecule has 1 rings (SSSR count). The molecule has 0 aromatic heterocycles. The van der Waals surface area contributed by atoms with E-state index in [1.807, 2.05) is 0 Å². The van der Waals surface area contributed by atoms with E-state index in [9.17, 15) is 0 Å². The van der Waals surface area contributed by atoms with Crippen LogP contribution in [0.5, 0.6) is 0 Å². The van der Waals surface area contributed by atoms with Gasteiger partial charge in [-0.3, -0.25) is 0 Å². The van der Waals surface area contributed by atoms with Gasteiger partial charge in [-0.25, -0.2) is 0 Å². The van der Waals surface area contributed by atoms with Crippen LogP contribution in [0.2, 0.25) is 39.3 Å². The molecule has 0 saturated carbocycles. The van der Waals surface area contributed by atoms with Gasteiger partial charge in [-0.15, -0.1) is 0 Å². The first kappa shape index (κ1) is 14.9. The Kier molecular flexibility index (Phi) is 3.89. The summed E-state index contributed by atoms with van der Waals surface area (Å²) < 4.78 is 6.13. The molecular formula is C12H29OPSi2. The van der Waals surface area contributed by atoms with E-state index in [2.05, 4.69) is 60.1 Å². The fourth-order valence-corrected chi connectivity index (χ4v) is 22.4. The van der Waals surface area contributed by atoms with Crippen LogP contribution in [-0.4, -0.2) is 26.9 Å². The van der Waals surface area contributed by atoms with E-state index in [0.29, 0.717) is 11.3 Å². The topological polar surface area (TPSA) is 12.5 Å². The molecule has 0 aromatic rings. The fraction of sp³-hybridized carbons (Fsp3) is 1.00. The second-order valence-electron chi connectivity index (χ2n) is 8.32. The van der Waals surface area contributed by atoms with E-state index in [1.54, 1.807) is 0 Å². The molecule has 0 aliphatic carbocycles. The van der Waals surface area contributed by atoms with Crippen molar-refractivity contribution in [1.82, 2.24) is 0 Å². The lowest BCUT2D eigenvalue weighted by Crippen LogP contribution is -2.51. The Hall–Kier alpha value is 0.824. The molecule has 4 heteroatoms. The van der Waals surface area contributed by atoms with Crippen molar-refractivity contribution in [2.75, 3.05) is 0 Å². The molecule has 2 atom stereocenters. The Balaban J connectivity index is 2.85. The van der Waals surface area contributed by atoms with Crippen LogP contribution in [0.3, 0.4) is 0 Å². The number of hydrogen-bond acceptors (Lipinski definition) is 1. The third kappa shape index (κ3) is 3.41. The van der Waals surface area contributed by atoms with Crippen LogP contribution in [0.4, 0.5) is 0 Å². The summed E-state index contributed by atoms with van der Waals surface area (Å²) in [7, 11) is -2.27. The first-order chi connectivity index (χ1) is 6.85. The molecule has 96 valence electrons. The average molecular weight is 277 g/mol. The Labute approximate surface area is 105 Å². The van der Waals surface area contributed by atoms with E-state index < -0.39 is 16.1 Å². The molecule has 0 spiro atoms. The standard InChI is InChI=1S/C12H29OPSi2/c1-12(2,3)10-13-14(10)11(15(4,5)6)16(7,8)9/h10-11H,1-9H3. The van der Waals surface area contributed by atoms with Crippen molar-refractivity contribution in [3.05, 3.63) is 0 Å². The first-order valence-corrected chi connectivity index (χ1v) is 14.9. The summed E-state index contributed by atoms with van der Waals surface area (Å²) in [6.45, 7) is 22.1. The van der Waals surface area contributed by atoms with Gasteiger partial charge in [0.25, 0.3) is 0 Å². The van der Waals surface area contributed by atoms with Crippen LogP contribution in [0.1, 0.15) is 20.8 Å². The Morgan fingerprint density at radius 1 is 0.938 bits per heavy atom. The van der Waals surface area contributed by atoms with Crippen LogP contribution in [-0.2, 0) is 4.52 Å². The summed E-state index contributed by atoms with van der Waals surface area (Å²) in [4.78, 5) is 0.958. The summed E-state index contributed by atoms with van der Waals surface area (Å²) in [5, 5.41) is 0. The van der Waals surface area contributed by atoms with Gasteiger partial charge in [0.15, 0.2) is 0 Å². The second-order valence-corrected chi connectivity index (χ2v) is 22.4. The molecule has 1 nitrogen and oxygen atoms in total. The van der Waals surface area contributed by atoms with Crippen molar-refractivity contribution < 1.29 is 4.52 Å². The molecule has 1 heterocycles. The molecular weight excluding hydrogens is 247 g/mol. The van der Waals surface area contributed by atoms with Gasteiger partial charge >= 0.3 is 0 Å². The van der Waals surface area contributed by atoms with Gasteiger partial charge in [0, 0.05) is 0 Å². The quantitative estimate of drug-likeness (QED) is 0.405. The number of rotatable bonds is 3. The average Bonchev–Trinajstić information content (AvgIpc) is 2.57. The third-order valence-electron chi connectivity index (χ3n) is 3.04. The van der Waals surface area contributed by atoms with Gasteiger partial charge in [-0.2, -0.15) is 0 Å². The molecule has 16 heavy (non-hydrogen) atoms. The summed E-state index contributed by atoms with van der Waals surface area (Å²) in [6.07, 6.45) is 0. The van der Waals surface area contributed by atoms with Crippen molar-refractivity contribution in [3.63, 3.8) is 0 Å². The normalized spacial score (nSPS) is 27.4. The van der Waals surface area contributed by atoms with E-state index in [1.165, 1.54) is 0 Å². The highest BCUT2D eigenvalue weighted by atomic mass is 31.2. The molecule has 2 unspecified atom stereocenters. The maximum atomic E-state index is 6.13. The monoisotopic (exact) mass is 276 g/mol. The minimum absolute atomic E-state index is 0.118. The number of hydrogen-bond donors (Lipinski definition) is 0. The molecule has 1 aliphatic rings. The lowest BCUT2D eigenvalue weighted by atomic mass is 9.99. The van der Waals surface area contributed by atoms with Crippen LogP contribution < -0.4 is 0 Å². The van der Waals surface area contributed by atoms with E-state index in [0.717, 1.165) is 4.91 Å². The Morgan fingerprint density at radius 3 is 1.50 bits per heavy atom. The highest BCUT2D eigenvalue weighted by molar-refractivity contribution is 7.66. The van der Waals surface area contributed by atoms with Crippen LogP contribution >= 0.6 is 8.15 Å². The van der Waals surface area contributed by atoms with E-state index in [-0.39, 0.29) is 8.15 Å². The van der Waals surface area contributed by atoms with Gasteiger partial charge in [0.1, 0.15) is 5.85 Å². The molecule has 1 fully saturated rings. The second kappa shape index (κ2) is 4.19. The lowest BCUT2D eigenvalue weighted by Gasteiger charge is -2.37. The van der Waals surface area contributed by atoms with Crippen LogP contribution in [0, 0.1) is 5.41 Å². The molecule has 0 amide bonds. The maximum absolute atomic E-state index is 6.13. The zero-order valence-corrected chi connectivity index (χ0v) is 15.4. The zero-order valence-electron chi connectivity index (χ0n) is 12.5. The summed E-state index contributed by atoms with van der Waals surface area (Å²) in [6, 6.07) is 0. The predicted molar refractivity (Wildman–Crippen MR) is 81.7 cm³/mol. The van der Waals surface area contributed by atoms with Crippen molar-refractivity contribution in [2.45, 2.75) is 70.8 Å². The molecule has 0 N–H and O–H groups in total. The molecule has 0 radical (unpaired) electrons. The highest BCUT2D eigenvalue weighted by Crippen LogP contribution is 2.72. The van der Waals surface area contributed by atoms with Crippen molar-refractivity contribution in [1.29, 1.82) is 0 Å². The van der Waals surface area contributed by atoms with Gasteiger partial charge in [-0.1, -0.05) is 60.1 Å². The van der Waals surface area contributed by atoms with Crippen molar-refractivity contribution >= 4 is 24.3 Å². The Bertz CT molecular complexity index is 246. The van der Waals surface area contributed by atoms with E-state index >= 15 is 0 Å². The van der Waals surface area contributed by atoms with E-state index in [4.69, 9.17) is 4.52 Å². The largest absolute Gasteiger partial charge is 0.346 e. The van der Waals surface area contributed by atoms with Crippen LogP contribution in [0.25, 0.3) is 0 Å². The molecule has 0 aromatic carbocycles. The van der Waals surface area contributed by atoms with Crippen molar-refractivity contribution in [2.24, 2.45) is 5.41 Å². The molecule has 0 bridgehead atoms. The minimum Gasteiger partial charge on any atom is -0.346 e. The van der Waals surface area contributed by atoms with Gasteiger partial charge in [0.2, 0.25) is 0 Å². The third-order valence-corrected chi connectivity index (χ3v) is 19.8. The molecule has 1 saturated heterocycles. The zero-order chi connectivity index (χ0) is 12.9. The lowest BCUT2D eigenvalue weighted by molar-refractivity contribution is 0.271. The van der Waals surface area contributed by atoms with Gasteiger partial charge < -0.3 is 4.52 Å². The van der Waals surface area contributed by atoms with Gasteiger partial charge in [-0.05, 0) is 10.3 Å². The van der Waals surface area contributed by atoms with Gasteiger partial charge in [0.05, 0.1) is 24.3 Å². The SMILES string of the molecule is CC(C)(C)C1OP1C([Si](C)(C)C)[Si](C)(C)C. The highest BCUT2D eigenvalue weighted by Gasteiger charge is 2.58. The summed E-state index contributed by atoms with van der Waals surface area (Å²) in [5.41, 5.74) is 0.350. The Morgan fingerprint density at radius 2 is 1.31 bits per heavy atom. The maximum Gasteiger partial charge on any atom is 0.110 e.